The molecule has 2 aromatic rings. The summed E-state index contributed by atoms with van der Waals surface area (Å²) in [4.78, 5) is 25.5. The first kappa shape index (κ1) is 17.6. The molecule has 0 fully saturated rings. The molecule has 0 atom stereocenters. The van der Waals surface area contributed by atoms with Gasteiger partial charge in [0, 0.05) is 28.7 Å². The van der Waals surface area contributed by atoms with Crippen LogP contribution in [0.5, 0.6) is 11.5 Å². The number of thioether (sulfide) groups is 1. The lowest BCUT2D eigenvalue weighted by molar-refractivity contribution is 0.0984. The predicted molar refractivity (Wildman–Crippen MR) is 98.6 cm³/mol. The number of halogens is 1. The molecule has 0 spiro atoms. The first-order chi connectivity index (χ1) is 12.0. The van der Waals surface area contributed by atoms with Crippen molar-refractivity contribution in [3.05, 3.63) is 46.5 Å². The summed E-state index contributed by atoms with van der Waals surface area (Å²) in [5.41, 5.74) is 1.50. The van der Waals surface area contributed by atoms with E-state index >= 15 is 0 Å². The molecule has 1 amide bonds. The first-order valence-corrected chi connectivity index (χ1v) is 8.93. The van der Waals surface area contributed by atoms with Gasteiger partial charge in [0.1, 0.15) is 11.5 Å². The monoisotopic (exact) mass is 377 g/mol. The summed E-state index contributed by atoms with van der Waals surface area (Å²) in [6.45, 7) is 0. The second kappa shape index (κ2) is 7.37. The van der Waals surface area contributed by atoms with Gasteiger partial charge in [-0.2, -0.15) is 0 Å². The van der Waals surface area contributed by atoms with Crippen LogP contribution in [0.2, 0.25) is 5.02 Å². The highest BCUT2D eigenvalue weighted by molar-refractivity contribution is 7.99. The lowest BCUT2D eigenvalue weighted by Gasteiger charge is -2.18. The maximum absolute atomic E-state index is 12.8. The Morgan fingerprint density at radius 2 is 1.96 bits per heavy atom. The third kappa shape index (κ3) is 3.45. The van der Waals surface area contributed by atoms with Gasteiger partial charge in [0.25, 0.3) is 5.91 Å². The second-order valence-electron chi connectivity index (χ2n) is 5.35. The summed E-state index contributed by atoms with van der Waals surface area (Å²) < 4.78 is 10.4. The number of Topliss-reactive ketones (excluding diaryl/α,β-unsaturated/α-hetero) is 1. The number of carbonyl (C=O) groups excluding carboxylic acids is 2. The van der Waals surface area contributed by atoms with Crippen molar-refractivity contribution < 1.29 is 19.1 Å². The zero-order valence-electron chi connectivity index (χ0n) is 13.7. The van der Waals surface area contributed by atoms with E-state index in [1.54, 1.807) is 30.3 Å². The molecule has 3 rings (SSSR count). The van der Waals surface area contributed by atoms with Crippen LogP contribution in [-0.4, -0.2) is 31.7 Å². The average Bonchev–Trinajstić information content (AvgIpc) is 2.62. The van der Waals surface area contributed by atoms with E-state index < -0.39 is 0 Å². The van der Waals surface area contributed by atoms with Gasteiger partial charge in [-0.3, -0.25) is 9.59 Å². The highest BCUT2D eigenvalue weighted by Gasteiger charge is 2.24. The third-order valence-corrected chi connectivity index (χ3v) is 5.29. The van der Waals surface area contributed by atoms with Crippen molar-refractivity contribution >= 4 is 40.7 Å². The number of amides is 1. The van der Waals surface area contributed by atoms with Crippen molar-refractivity contribution in [1.29, 1.82) is 0 Å². The van der Waals surface area contributed by atoms with Gasteiger partial charge in [-0.25, -0.2) is 0 Å². The molecule has 2 aromatic carbocycles. The smallest absolute Gasteiger partial charge is 0.256 e. The van der Waals surface area contributed by atoms with Crippen molar-refractivity contribution in [2.24, 2.45) is 0 Å². The van der Waals surface area contributed by atoms with Gasteiger partial charge in [-0.05, 0) is 12.1 Å². The highest BCUT2D eigenvalue weighted by atomic mass is 35.5. The fraction of sp³-hybridized carbons (Fsp3) is 0.222. The van der Waals surface area contributed by atoms with Crippen molar-refractivity contribution in [2.75, 3.05) is 25.3 Å². The number of rotatable bonds is 4. The normalized spacial score (nSPS) is 13.2. The minimum absolute atomic E-state index is 0.0634. The fourth-order valence-electron chi connectivity index (χ4n) is 2.62. The SMILES string of the molecule is COc1cc(OC)c(NC(=O)c2cccc3c2SCCC3=O)cc1Cl. The van der Waals surface area contributed by atoms with E-state index in [1.807, 2.05) is 0 Å². The van der Waals surface area contributed by atoms with Gasteiger partial charge in [0.15, 0.2) is 5.78 Å². The Hall–Kier alpha value is -2.18. The summed E-state index contributed by atoms with van der Waals surface area (Å²) in [5, 5.41) is 3.17. The van der Waals surface area contributed by atoms with Gasteiger partial charge >= 0.3 is 0 Å². The Balaban J connectivity index is 1.95. The molecule has 5 nitrogen and oxygen atoms in total. The summed E-state index contributed by atoms with van der Waals surface area (Å²) >= 11 is 7.66. The third-order valence-electron chi connectivity index (χ3n) is 3.86. The number of hydrogen-bond acceptors (Lipinski definition) is 5. The molecule has 1 N–H and O–H groups in total. The van der Waals surface area contributed by atoms with Crippen LogP contribution >= 0.6 is 23.4 Å². The molecule has 0 radical (unpaired) electrons. The Kier molecular flexibility index (Phi) is 5.20. The molecule has 1 aliphatic rings. The van der Waals surface area contributed by atoms with Crippen LogP contribution in [0.4, 0.5) is 5.69 Å². The lowest BCUT2D eigenvalue weighted by Crippen LogP contribution is -2.17. The minimum atomic E-state index is -0.321. The Labute approximate surface area is 154 Å². The van der Waals surface area contributed by atoms with Gasteiger partial charge in [-0.1, -0.05) is 23.7 Å². The van der Waals surface area contributed by atoms with Crippen LogP contribution in [0.15, 0.2) is 35.2 Å². The fourth-order valence-corrected chi connectivity index (χ4v) is 4.00. The van der Waals surface area contributed by atoms with Crippen LogP contribution in [0.1, 0.15) is 27.1 Å². The van der Waals surface area contributed by atoms with E-state index in [1.165, 1.54) is 26.0 Å². The molecule has 0 aromatic heterocycles. The van der Waals surface area contributed by atoms with Crippen LogP contribution < -0.4 is 14.8 Å². The summed E-state index contributed by atoms with van der Waals surface area (Å²) in [6, 6.07) is 8.36. The Morgan fingerprint density at radius 3 is 2.68 bits per heavy atom. The maximum Gasteiger partial charge on any atom is 0.256 e. The van der Waals surface area contributed by atoms with E-state index in [2.05, 4.69) is 5.32 Å². The zero-order chi connectivity index (χ0) is 18.0. The van der Waals surface area contributed by atoms with E-state index in [9.17, 15) is 9.59 Å². The molecule has 0 unspecified atom stereocenters. The van der Waals surface area contributed by atoms with Crippen molar-refractivity contribution in [3.63, 3.8) is 0 Å². The largest absolute Gasteiger partial charge is 0.495 e. The van der Waals surface area contributed by atoms with Crippen LogP contribution in [0, 0.1) is 0 Å². The number of carbonyl (C=O) groups is 2. The van der Waals surface area contributed by atoms with E-state index in [4.69, 9.17) is 21.1 Å². The molecule has 0 saturated heterocycles. The molecule has 1 heterocycles. The molecule has 1 aliphatic heterocycles. The lowest BCUT2D eigenvalue weighted by atomic mass is 10.0. The summed E-state index contributed by atoms with van der Waals surface area (Å²) in [6.07, 6.45) is 0.491. The van der Waals surface area contributed by atoms with Gasteiger partial charge in [0.05, 0.1) is 30.5 Å². The van der Waals surface area contributed by atoms with Crippen molar-refractivity contribution in [1.82, 2.24) is 0 Å². The molecule has 0 bridgehead atoms. The number of anilines is 1. The Morgan fingerprint density at radius 1 is 1.20 bits per heavy atom. The van der Waals surface area contributed by atoms with Crippen molar-refractivity contribution in [3.8, 4) is 11.5 Å². The summed E-state index contributed by atoms with van der Waals surface area (Å²) in [5.74, 6) is 1.30. The zero-order valence-corrected chi connectivity index (χ0v) is 15.3. The number of nitrogens with one attached hydrogen (secondary N) is 1. The van der Waals surface area contributed by atoms with Crippen molar-refractivity contribution in [2.45, 2.75) is 11.3 Å². The van der Waals surface area contributed by atoms with Crippen LogP contribution in [-0.2, 0) is 0 Å². The van der Waals surface area contributed by atoms with Crippen LogP contribution in [0.25, 0.3) is 0 Å². The number of benzene rings is 2. The molecule has 7 heteroatoms. The minimum Gasteiger partial charge on any atom is -0.495 e. The second-order valence-corrected chi connectivity index (χ2v) is 6.86. The number of ether oxygens (including phenoxy) is 2. The maximum atomic E-state index is 12.8. The van der Waals surface area contributed by atoms with Gasteiger partial charge in [-0.15, -0.1) is 11.8 Å². The topological polar surface area (TPSA) is 64.6 Å². The number of fused-ring (bicyclic) bond motifs is 1. The van der Waals surface area contributed by atoms with E-state index in [-0.39, 0.29) is 11.7 Å². The van der Waals surface area contributed by atoms with Gasteiger partial charge < -0.3 is 14.8 Å². The number of hydrogen-bond donors (Lipinski definition) is 1. The standard InChI is InChI=1S/C18H16ClNO4S/c1-23-15-9-16(24-2)13(8-12(15)19)20-18(22)11-5-3-4-10-14(21)6-7-25-17(10)11/h3-5,8-9H,6-7H2,1-2H3,(H,20,22). The molecular weight excluding hydrogens is 362 g/mol. The predicted octanol–water partition coefficient (Wildman–Crippen LogP) is 4.29. The highest BCUT2D eigenvalue weighted by Crippen LogP contribution is 2.37. The molecule has 0 aliphatic carbocycles. The van der Waals surface area contributed by atoms with E-state index in [0.717, 1.165) is 4.90 Å². The summed E-state index contributed by atoms with van der Waals surface area (Å²) in [7, 11) is 3.00. The first-order valence-electron chi connectivity index (χ1n) is 7.57. The molecule has 130 valence electrons. The number of ketones is 1. The van der Waals surface area contributed by atoms with E-state index in [0.29, 0.717) is 45.5 Å². The Bertz CT molecular complexity index is 853. The molecule has 0 saturated carbocycles. The molecular formula is C18H16ClNO4S. The quantitative estimate of drug-likeness (QED) is 0.861. The number of methoxy groups -OCH3 is 2. The molecule has 25 heavy (non-hydrogen) atoms. The van der Waals surface area contributed by atoms with Gasteiger partial charge in [0.2, 0.25) is 0 Å². The van der Waals surface area contributed by atoms with Crippen LogP contribution in [0.3, 0.4) is 0 Å². The average molecular weight is 378 g/mol.